The van der Waals surface area contributed by atoms with Crippen molar-refractivity contribution in [1.82, 2.24) is 15.5 Å². The van der Waals surface area contributed by atoms with Gasteiger partial charge in [-0.2, -0.15) is 0 Å². The fourth-order valence-electron chi connectivity index (χ4n) is 2.01. The highest BCUT2D eigenvalue weighted by atomic mass is 16.2. The Morgan fingerprint density at radius 3 is 2.53 bits per heavy atom. The van der Waals surface area contributed by atoms with Gasteiger partial charge in [-0.3, -0.25) is 9.59 Å². The van der Waals surface area contributed by atoms with Crippen LogP contribution in [0.2, 0.25) is 0 Å². The Morgan fingerprint density at radius 2 is 2.06 bits per heavy atom. The quantitative estimate of drug-likeness (QED) is 0.685. The predicted octanol–water partition coefficient (Wildman–Crippen LogP) is -0.421. The first-order valence-electron chi connectivity index (χ1n) is 6.33. The van der Waals surface area contributed by atoms with Crippen LogP contribution in [0.15, 0.2) is 0 Å². The van der Waals surface area contributed by atoms with Crippen molar-refractivity contribution in [3.63, 3.8) is 0 Å². The van der Waals surface area contributed by atoms with Crippen LogP contribution in [0.4, 0.5) is 0 Å². The van der Waals surface area contributed by atoms with Crippen LogP contribution in [0.5, 0.6) is 0 Å². The Labute approximate surface area is 102 Å². The number of amides is 2. The van der Waals surface area contributed by atoms with Gasteiger partial charge in [0, 0.05) is 19.0 Å². The van der Waals surface area contributed by atoms with Crippen LogP contribution in [-0.2, 0) is 9.59 Å². The third-order valence-electron chi connectivity index (χ3n) is 3.61. The lowest BCUT2D eigenvalue weighted by molar-refractivity contribution is -0.139. The molecule has 1 aliphatic heterocycles. The van der Waals surface area contributed by atoms with Gasteiger partial charge in [-0.25, -0.2) is 0 Å². The lowest BCUT2D eigenvalue weighted by Crippen LogP contribution is -2.51. The summed E-state index contributed by atoms with van der Waals surface area (Å²) in [5, 5.41) is 6.05. The average Bonchev–Trinajstić information content (AvgIpc) is 2.97. The molecule has 17 heavy (non-hydrogen) atoms. The van der Waals surface area contributed by atoms with Crippen molar-refractivity contribution in [3.05, 3.63) is 0 Å². The molecular weight excluding hydrogens is 218 g/mol. The Kier molecular flexibility index (Phi) is 3.66. The molecule has 0 aromatic rings. The Hall–Kier alpha value is -1.10. The molecule has 1 saturated carbocycles. The highest BCUT2D eigenvalue weighted by molar-refractivity contribution is 5.86. The van der Waals surface area contributed by atoms with E-state index in [1.54, 1.807) is 11.9 Å². The molecule has 0 spiro atoms. The minimum Gasteiger partial charge on any atom is -0.352 e. The lowest BCUT2D eigenvalue weighted by Gasteiger charge is -2.33. The van der Waals surface area contributed by atoms with E-state index < -0.39 is 0 Å². The lowest BCUT2D eigenvalue weighted by atomic mass is 9.88. The molecule has 2 rings (SSSR count). The Morgan fingerprint density at radius 1 is 1.41 bits per heavy atom. The van der Waals surface area contributed by atoms with Gasteiger partial charge >= 0.3 is 0 Å². The zero-order valence-corrected chi connectivity index (χ0v) is 10.5. The molecule has 0 aromatic heterocycles. The van der Waals surface area contributed by atoms with Crippen LogP contribution >= 0.6 is 0 Å². The molecule has 0 radical (unpaired) electrons. The first kappa shape index (κ1) is 12.4. The van der Waals surface area contributed by atoms with Gasteiger partial charge in [-0.1, -0.05) is 6.92 Å². The highest BCUT2D eigenvalue weighted by Gasteiger charge is 2.31. The van der Waals surface area contributed by atoms with Crippen molar-refractivity contribution >= 4 is 11.8 Å². The van der Waals surface area contributed by atoms with Crippen LogP contribution in [0.3, 0.4) is 0 Å². The van der Waals surface area contributed by atoms with Crippen LogP contribution in [0.1, 0.15) is 19.8 Å². The van der Waals surface area contributed by atoms with Crippen molar-refractivity contribution < 1.29 is 9.59 Å². The summed E-state index contributed by atoms with van der Waals surface area (Å²) in [5.41, 5.74) is 0. The molecule has 5 nitrogen and oxygen atoms in total. The molecule has 2 fully saturated rings. The fraction of sp³-hybridized carbons (Fsp3) is 0.833. The molecule has 1 heterocycles. The Balaban J connectivity index is 1.74. The number of nitrogens with zero attached hydrogens (tertiary/aromatic N) is 1. The number of nitrogens with one attached hydrogen (secondary N) is 2. The molecule has 1 atom stereocenters. The number of carbonyl (C=O) groups is 2. The van der Waals surface area contributed by atoms with Crippen molar-refractivity contribution in [2.75, 3.05) is 26.7 Å². The second-order valence-electron chi connectivity index (χ2n) is 5.24. The van der Waals surface area contributed by atoms with E-state index in [1.807, 2.05) is 6.92 Å². The number of likely N-dealkylation sites (N-methyl/N-ethyl adjacent to an activating group) is 1. The maximum Gasteiger partial charge on any atom is 0.239 e. The summed E-state index contributed by atoms with van der Waals surface area (Å²) in [5.74, 6) is 0.469. The summed E-state index contributed by atoms with van der Waals surface area (Å²) < 4.78 is 0. The molecule has 2 N–H and O–H groups in total. The summed E-state index contributed by atoms with van der Waals surface area (Å²) in [7, 11) is 1.71. The topological polar surface area (TPSA) is 61.4 Å². The van der Waals surface area contributed by atoms with E-state index in [9.17, 15) is 9.59 Å². The molecule has 1 unspecified atom stereocenters. The van der Waals surface area contributed by atoms with E-state index in [4.69, 9.17) is 0 Å². The SMILES string of the molecule is CC(C(=O)N(C)CC(=O)NC1CC1)C1CNC1. The largest absolute Gasteiger partial charge is 0.352 e. The summed E-state index contributed by atoms with van der Waals surface area (Å²) in [6.45, 7) is 3.95. The number of hydrogen-bond donors (Lipinski definition) is 2. The maximum atomic E-state index is 12.0. The van der Waals surface area contributed by atoms with Gasteiger partial charge in [0.15, 0.2) is 0 Å². The van der Waals surface area contributed by atoms with Gasteiger partial charge in [0.2, 0.25) is 11.8 Å². The number of hydrogen-bond acceptors (Lipinski definition) is 3. The van der Waals surface area contributed by atoms with Gasteiger partial charge in [0.1, 0.15) is 0 Å². The smallest absolute Gasteiger partial charge is 0.239 e. The van der Waals surface area contributed by atoms with E-state index in [0.29, 0.717) is 12.0 Å². The van der Waals surface area contributed by atoms with E-state index in [0.717, 1.165) is 25.9 Å². The number of carbonyl (C=O) groups excluding carboxylic acids is 2. The van der Waals surface area contributed by atoms with E-state index >= 15 is 0 Å². The van der Waals surface area contributed by atoms with Crippen LogP contribution in [0.25, 0.3) is 0 Å². The van der Waals surface area contributed by atoms with E-state index in [2.05, 4.69) is 10.6 Å². The van der Waals surface area contributed by atoms with Crippen LogP contribution < -0.4 is 10.6 Å². The molecule has 2 aliphatic rings. The predicted molar refractivity (Wildman–Crippen MR) is 64.3 cm³/mol. The third-order valence-corrected chi connectivity index (χ3v) is 3.61. The second kappa shape index (κ2) is 5.04. The third kappa shape index (κ3) is 3.19. The Bertz CT molecular complexity index is 311. The van der Waals surface area contributed by atoms with Gasteiger partial charge in [-0.15, -0.1) is 0 Å². The monoisotopic (exact) mass is 239 g/mol. The first-order chi connectivity index (χ1) is 8.08. The zero-order valence-electron chi connectivity index (χ0n) is 10.5. The van der Waals surface area contributed by atoms with Crippen molar-refractivity contribution in [2.45, 2.75) is 25.8 Å². The first-order valence-corrected chi connectivity index (χ1v) is 6.33. The summed E-state index contributed by atoms with van der Waals surface area (Å²) in [4.78, 5) is 25.1. The molecule has 5 heteroatoms. The minimum atomic E-state index is -0.0396. The molecule has 0 bridgehead atoms. The van der Waals surface area contributed by atoms with Gasteiger partial charge < -0.3 is 15.5 Å². The molecule has 0 aromatic carbocycles. The summed E-state index contributed by atoms with van der Waals surface area (Å²) in [6.07, 6.45) is 2.15. The molecular formula is C12H21N3O2. The average molecular weight is 239 g/mol. The summed E-state index contributed by atoms with van der Waals surface area (Å²) in [6, 6.07) is 0.360. The fourth-order valence-corrected chi connectivity index (χ4v) is 2.01. The van der Waals surface area contributed by atoms with Gasteiger partial charge in [0.25, 0.3) is 0 Å². The zero-order chi connectivity index (χ0) is 12.4. The minimum absolute atomic E-state index is 0.00924. The number of rotatable bonds is 5. The standard InChI is InChI=1S/C12H21N3O2/c1-8(9-5-13-6-9)12(17)15(2)7-11(16)14-10-3-4-10/h8-10,13H,3-7H2,1-2H3,(H,14,16). The molecule has 96 valence electrons. The van der Waals surface area contributed by atoms with Gasteiger partial charge in [-0.05, 0) is 31.8 Å². The van der Waals surface area contributed by atoms with Crippen molar-refractivity contribution in [3.8, 4) is 0 Å². The molecule has 1 aliphatic carbocycles. The van der Waals surface area contributed by atoms with Crippen molar-refractivity contribution in [1.29, 1.82) is 0 Å². The van der Waals surface area contributed by atoms with Crippen LogP contribution in [0, 0.1) is 11.8 Å². The summed E-state index contributed by atoms with van der Waals surface area (Å²) >= 11 is 0. The van der Waals surface area contributed by atoms with Gasteiger partial charge in [0.05, 0.1) is 6.54 Å². The molecule has 1 saturated heterocycles. The van der Waals surface area contributed by atoms with Crippen LogP contribution in [-0.4, -0.2) is 49.4 Å². The normalized spacial score (nSPS) is 21.5. The van der Waals surface area contributed by atoms with E-state index in [1.165, 1.54) is 0 Å². The molecule has 2 amide bonds. The maximum absolute atomic E-state index is 12.0. The van der Waals surface area contributed by atoms with Crippen molar-refractivity contribution in [2.24, 2.45) is 11.8 Å². The highest BCUT2D eigenvalue weighted by Crippen LogP contribution is 2.19. The van der Waals surface area contributed by atoms with E-state index in [-0.39, 0.29) is 24.3 Å². The second-order valence-corrected chi connectivity index (χ2v) is 5.24.